The number of carboxylic acid groups (broad SMARTS) is 1. The molecular formula is C8H13N3O2S. The van der Waals surface area contributed by atoms with Crippen LogP contribution < -0.4 is 5.73 Å². The van der Waals surface area contributed by atoms with Crippen molar-refractivity contribution in [1.82, 2.24) is 9.78 Å². The van der Waals surface area contributed by atoms with Crippen molar-refractivity contribution in [3.63, 3.8) is 0 Å². The van der Waals surface area contributed by atoms with E-state index in [9.17, 15) is 4.79 Å². The van der Waals surface area contributed by atoms with Crippen LogP contribution in [0.25, 0.3) is 0 Å². The number of hydrogen-bond donors (Lipinski definition) is 2. The SMILES string of the molecule is CCCSc1cc(N)n(CC(=O)O)n1. The Morgan fingerprint density at radius 1 is 1.79 bits per heavy atom. The van der Waals surface area contributed by atoms with E-state index in [-0.39, 0.29) is 6.54 Å². The van der Waals surface area contributed by atoms with E-state index in [0.717, 1.165) is 17.2 Å². The van der Waals surface area contributed by atoms with E-state index in [1.165, 1.54) is 4.68 Å². The lowest BCUT2D eigenvalue weighted by atomic mass is 10.6. The van der Waals surface area contributed by atoms with Gasteiger partial charge in [-0.3, -0.25) is 4.79 Å². The van der Waals surface area contributed by atoms with Crippen molar-refractivity contribution in [3.8, 4) is 0 Å². The Kier molecular flexibility index (Phi) is 3.82. The number of rotatable bonds is 5. The Morgan fingerprint density at radius 3 is 3.07 bits per heavy atom. The lowest BCUT2D eigenvalue weighted by Crippen LogP contribution is -2.12. The fraction of sp³-hybridized carbons (Fsp3) is 0.500. The van der Waals surface area contributed by atoms with Crippen molar-refractivity contribution < 1.29 is 9.90 Å². The summed E-state index contributed by atoms with van der Waals surface area (Å²) in [4.78, 5) is 10.4. The molecule has 0 aliphatic heterocycles. The minimum Gasteiger partial charge on any atom is -0.480 e. The van der Waals surface area contributed by atoms with Gasteiger partial charge in [0.1, 0.15) is 17.4 Å². The smallest absolute Gasteiger partial charge is 0.325 e. The van der Waals surface area contributed by atoms with Crippen LogP contribution in [0.15, 0.2) is 11.1 Å². The van der Waals surface area contributed by atoms with Crippen LogP contribution in [0.5, 0.6) is 0 Å². The van der Waals surface area contributed by atoms with Gasteiger partial charge in [0.25, 0.3) is 0 Å². The van der Waals surface area contributed by atoms with Gasteiger partial charge in [0, 0.05) is 6.07 Å². The number of carbonyl (C=O) groups is 1. The molecule has 0 unspecified atom stereocenters. The summed E-state index contributed by atoms with van der Waals surface area (Å²) >= 11 is 1.58. The fourth-order valence-electron chi connectivity index (χ4n) is 0.939. The molecule has 0 bridgehead atoms. The summed E-state index contributed by atoms with van der Waals surface area (Å²) in [6.07, 6.45) is 1.05. The maximum Gasteiger partial charge on any atom is 0.325 e. The predicted octanol–water partition coefficient (Wildman–Crippen LogP) is 1.05. The Hall–Kier alpha value is -1.17. The zero-order chi connectivity index (χ0) is 10.6. The third-order valence-electron chi connectivity index (χ3n) is 1.53. The first kappa shape index (κ1) is 10.9. The summed E-state index contributed by atoms with van der Waals surface area (Å²) in [5, 5.41) is 13.4. The molecule has 0 spiro atoms. The predicted molar refractivity (Wildman–Crippen MR) is 55.3 cm³/mol. The van der Waals surface area contributed by atoms with E-state index in [4.69, 9.17) is 10.8 Å². The molecule has 0 aliphatic carbocycles. The van der Waals surface area contributed by atoms with Crippen molar-refractivity contribution in [2.75, 3.05) is 11.5 Å². The van der Waals surface area contributed by atoms with Gasteiger partial charge in [0.15, 0.2) is 0 Å². The summed E-state index contributed by atoms with van der Waals surface area (Å²) in [5.74, 6) is 0.418. The van der Waals surface area contributed by atoms with Gasteiger partial charge in [-0.1, -0.05) is 6.92 Å². The molecule has 0 aliphatic rings. The third-order valence-corrected chi connectivity index (χ3v) is 2.64. The van der Waals surface area contributed by atoms with Crippen molar-refractivity contribution in [2.24, 2.45) is 0 Å². The molecule has 14 heavy (non-hydrogen) atoms. The van der Waals surface area contributed by atoms with Gasteiger partial charge in [-0.25, -0.2) is 4.68 Å². The molecule has 0 saturated carbocycles. The monoisotopic (exact) mass is 215 g/mol. The van der Waals surface area contributed by atoms with Crippen LogP contribution in [0, 0.1) is 0 Å². The van der Waals surface area contributed by atoms with Crippen molar-refractivity contribution in [1.29, 1.82) is 0 Å². The van der Waals surface area contributed by atoms with Gasteiger partial charge in [-0.2, -0.15) is 5.10 Å². The molecule has 0 fully saturated rings. The number of hydrogen-bond acceptors (Lipinski definition) is 4. The van der Waals surface area contributed by atoms with Crippen molar-refractivity contribution in [3.05, 3.63) is 6.07 Å². The molecule has 78 valence electrons. The normalized spacial score (nSPS) is 10.4. The summed E-state index contributed by atoms with van der Waals surface area (Å²) in [6.45, 7) is 1.89. The zero-order valence-corrected chi connectivity index (χ0v) is 8.75. The number of carboxylic acids is 1. The average molecular weight is 215 g/mol. The highest BCUT2D eigenvalue weighted by atomic mass is 32.2. The third kappa shape index (κ3) is 2.95. The van der Waals surface area contributed by atoms with E-state index < -0.39 is 5.97 Å². The molecule has 1 rings (SSSR count). The Bertz CT molecular complexity index is 324. The quantitative estimate of drug-likeness (QED) is 0.717. The second-order valence-electron chi connectivity index (χ2n) is 2.81. The highest BCUT2D eigenvalue weighted by Crippen LogP contribution is 2.19. The highest BCUT2D eigenvalue weighted by Gasteiger charge is 2.07. The highest BCUT2D eigenvalue weighted by molar-refractivity contribution is 7.99. The van der Waals surface area contributed by atoms with Gasteiger partial charge in [0.05, 0.1) is 0 Å². The first-order chi connectivity index (χ1) is 6.63. The van der Waals surface area contributed by atoms with Crippen molar-refractivity contribution >= 4 is 23.5 Å². The lowest BCUT2D eigenvalue weighted by Gasteiger charge is -1.97. The van der Waals surface area contributed by atoms with Gasteiger partial charge in [-0.15, -0.1) is 11.8 Å². The summed E-state index contributed by atoms with van der Waals surface area (Å²) in [6, 6.07) is 1.70. The first-order valence-corrected chi connectivity index (χ1v) is 5.30. The molecule has 0 radical (unpaired) electrons. The molecule has 0 atom stereocenters. The summed E-state index contributed by atoms with van der Waals surface area (Å²) < 4.78 is 1.29. The van der Waals surface area contributed by atoms with E-state index in [1.807, 2.05) is 0 Å². The minimum absolute atomic E-state index is 0.182. The molecule has 1 heterocycles. The zero-order valence-electron chi connectivity index (χ0n) is 7.93. The molecule has 0 amide bonds. The number of thioether (sulfide) groups is 1. The van der Waals surface area contributed by atoms with Crippen LogP contribution in [0.2, 0.25) is 0 Å². The first-order valence-electron chi connectivity index (χ1n) is 4.31. The second kappa shape index (κ2) is 4.90. The minimum atomic E-state index is -0.938. The van der Waals surface area contributed by atoms with E-state index in [1.54, 1.807) is 17.8 Å². The van der Waals surface area contributed by atoms with Gasteiger partial charge < -0.3 is 10.8 Å². The second-order valence-corrected chi connectivity index (χ2v) is 3.92. The maximum absolute atomic E-state index is 10.4. The van der Waals surface area contributed by atoms with E-state index in [2.05, 4.69) is 12.0 Å². The van der Waals surface area contributed by atoms with E-state index in [0.29, 0.717) is 5.82 Å². The topological polar surface area (TPSA) is 81.1 Å². The Morgan fingerprint density at radius 2 is 2.50 bits per heavy atom. The molecule has 3 N–H and O–H groups in total. The van der Waals surface area contributed by atoms with E-state index >= 15 is 0 Å². The van der Waals surface area contributed by atoms with Crippen LogP contribution in [0.3, 0.4) is 0 Å². The molecular weight excluding hydrogens is 202 g/mol. The molecule has 0 saturated heterocycles. The summed E-state index contributed by atoms with van der Waals surface area (Å²) in [5.41, 5.74) is 5.59. The lowest BCUT2D eigenvalue weighted by molar-refractivity contribution is -0.137. The fourth-order valence-corrected chi connectivity index (χ4v) is 1.71. The van der Waals surface area contributed by atoms with Crippen LogP contribution in [-0.2, 0) is 11.3 Å². The van der Waals surface area contributed by atoms with Gasteiger partial charge in [0.2, 0.25) is 0 Å². The number of aromatic nitrogens is 2. The van der Waals surface area contributed by atoms with Crippen molar-refractivity contribution in [2.45, 2.75) is 24.9 Å². The van der Waals surface area contributed by atoms with Gasteiger partial charge >= 0.3 is 5.97 Å². The van der Waals surface area contributed by atoms with Crippen LogP contribution >= 0.6 is 11.8 Å². The van der Waals surface area contributed by atoms with Crippen LogP contribution in [0.1, 0.15) is 13.3 Å². The molecule has 5 nitrogen and oxygen atoms in total. The molecule has 1 aromatic heterocycles. The molecule has 0 aromatic carbocycles. The summed E-state index contributed by atoms with van der Waals surface area (Å²) in [7, 11) is 0. The Labute approximate surface area is 86.3 Å². The Balaban J connectivity index is 2.66. The van der Waals surface area contributed by atoms with Crippen LogP contribution in [-0.4, -0.2) is 26.6 Å². The number of nitrogens with two attached hydrogens (primary N) is 1. The molecule has 6 heteroatoms. The number of nitrogens with zero attached hydrogens (tertiary/aromatic N) is 2. The molecule has 1 aromatic rings. The van der Waals surface area contributed by atoms with Crippen LogP contribution in [0.4, 0.5) is 5.82 Å². The average Bonchev–Trinajstić information content (AvgIpc) is 2.43. The number of aliphatic carboxylic acids is 1. The number of anilines is 1. The standard InChI is InChI=1S/C8H13N3O2S/c1-2-3-14-7-4-6(9)11(10-7)5-8(12)13/h4H,2-3,5,9H2,1H3,(H,12,13). The largest absolute Gasteiger partial charge is 0.480 e. The van der Waals surface area contributed by atoms with Gasteiger partial charge in [-0.05, 0) is 12.2 Å². The number of nitrogen functional groups attached to an aromatic ring is 1. The maximum atomic E-state index is 10.4.